The average Bonchev–Trinajstić information content (AvgIpc) is 2.60. The van der Waals surface area contributed by atoms with E-state index in [1.54, 1.807) is 0 Å². The summed E-state index contributed by atoms with van der Waals surface area (Å²) in [6.45, 7) is 8.12. The van der Waals surface area contributed by atoms with Crippen molar-refractivity contribution in [3.8, 4) is 0 Å². The van der Waals surface area contributed by atoms with Crippen LogP contribution in [-0.2, 0) is 17.6 Å². The molecule has 0 aliphatic heterocycles. The number of hydrogen-bond acceptors (Lipinski definition) is 2. The van der Waals surface area contributed by atoms with Crippen LogP contribution in [-0.4, -0.2) is 5.78 Å². The highest BCUT2D eigenvalue weighted by molar-refractivity contribution is 7.11. The molecule has 0 aliphatic carbocycles. The van der Waals surface area contributed by atoms with E-state index >= 15 is 0 Å². The quantitative estimate of drug-likeness (QED) is 0.759. The SMILES string of the molecule is CCc1ccc(CCC(=O)C(C)(C)C)s1. The molecule has 84 valence electrons. The third kappa shape index (κ3) is 3.78. The monoisotopic (exact) mass is 224 g/mol. The standard InChI is InChI=1S/C13H20OS/c1-5-10-6-7-11(15-10)8-9-12(14)13(2,3)4/h6-7H,5,8-9H2,1-4H3. The zero-order valence-electron chi connectivity index (χ0n) is 10.1. The highest BCUT2D eigenvalue weighted by atomic mass is 32.1. The van der Waals surface area contributed by atoms with Crippen molar-refractivity contribution in [3.05, 3.63) is 21.9 Å². The number of thiophene rings is 1. The summed E-state index contributed by atoms with van der Waals surface area (Å²) in [6.07, 6.45) is 2.67. The van der Waals surface area contributed by atoms with Gasteiger partial charge in [-0.25, -0.2) is 0 Å². The Hall–Kier alpha value is -0.630. The van der Waals surface area contributed by atoms with Gasteiger partial charge in [0.05, 0.1) is 0 Å². The Kier molecular flexibility index (Phi) is 4.09. The van der Waals surface area contributed by atoms with E-state index < -0.39 is 0 Å². The van der Waals surface area contributed by atoms with Gasteiger partial charge in [0.1, 0.15) is 5.78 Å². The van der Waals surface area contributed by atoms with Gasteiger partial charge in [0, 0.05) is 21.6 Å². The zero-order chi connectivity index (χ0) is 11.5. The molecular formula is C13H20OS. The Morgan fingerprint density at radius 3 is 2.33 bits per heavy atom. The maximum atomic E-state index is 11.7. The molecule has 1 nitrogen and oxygen atoms in total. The average molecular weight is 224 g/mol. The lowest BCUT2D eigenvalue weighted by Crippen LogP contribution is -2.20. The predicted octanol–water partition coefficient (Wildman–Crippen LogP) is 3.86. The molecule has 0 amide bonds. The van der Waals surface area contributed by atoms with Crippen molar-refractivity contribution in [2.24, 2.45) is 5.41 Å². The molecule has 15 heavy (non-hydrogen) atoms. The molecule has 1 aromatic heterocycles. The van der Waals surface area contributed by atoms with Crippen LogP contribution in [0.1, 0.15) is 43.9 Å². The van der Waals surface area contributed by atoms with Crippen molar-refractivity contribution in [1.82, 2.24) is 0 Å². The van der Waals surface area contributed by atoms with Crippen molar-refractivity contribution < 1.29 is 4.79 Å². The lowest BCUT2D eigenvalue weighted by molar-refractivity contribution is -0.126. The van der Waals surface area contributed by atoms with Crippen molar-refractivity contribution in [2.75, 3.05) is 0 Å². The highest BCUT2D eigenvalue weighted by Gasteiger charge is 2.20. The fraction of sp³-hybridized carbons (Fsp3) is 0.615. The molecule has 0 unspecified atom stereocenters. The van der Waals surface area contributed by atoms with Gasteiger partial charge >= 0.3 is 0 Å². The van der Waals surface area contributed by atoms with Gasteiger partial charge in [0.2, 0.25) is 0 Å². The van der Waals surface area contributed by atoms with E-state index in [9.17, 15) is 4.79 Å². The Labute approximate surface area is 96.5 Å². The molecule has 0 aliphatic rings. The molecule has 0 saturated carbocycles. The van der Waals surface area contributed by atoms with E-state index in [1.807, 2.05) is 32.1 Å². The summed E-state index contributed by atoms with van der Waals surface area (Å²) in [7, 11) is 0. The lowest BCUT2D eigenvalue weighted by atomic mass is 9.88. The summed E-state index contributed by atoms with van der Waals surface area (Å²) in [5.41, 5.74) is -0.190. The van der Waals surface area contributed by atoms with Crippen LogP contribution in [0.15, 0.2) is 12.1 Å². The van der Waals surface area contributed by atoms with Crippen LogP contribution in [0, 0.1) is 5.41 Å². The third-order valence-corrected chi connectivity index (χ3v) is 3.79. The van der Waals surface area contributed by atoms with Crippen LogP contribution in [0.5, 0.6) is 0 Å². The Bertz CT molecular complexity index is 331. The van der Waals surface area contributed by atoms with E-state index in [1.165, 1.54) is 9.75 Å². The first-order chi connectivity index (χ1) is 6.93. The van der Waals surface area contributed by atoms with Gasteiger partial charge in [-0.2, -0.15) is 0 Å². The molecule has 0 aromatic carbocycles. The largest absolute Gasteiger partial charge is 0.299 e. The highest BCUT2D eigenvalue weighted by Crippen LogP contribution is 2.22. The van der Waals surface area contributed by atoms with Crippen molar-refractivity contribution >= 4 is 17.1 Å². The van der Waals surface area contributed by atoms with E-state index in [-0.39, 0.29) is 5.41 Å². The molecule has 0 bridgehead atoms. The smallest absolute Gasteiger partial charge is 0.138 e. The minimum atomic E-state index is -0.190. The summed E-state index contributed by atoms with van der Waals surface area (Å²) in [6, 6.07) is 4.32. The minimum absolute atomic E-state index is 0.190. The Morgan fingerprint density at radius 2 is 1.87 bits per heavy atom. The molecule has 0 spiro atoms. The second-order valence-electron chi connectivity index (χ2n) is 4.89. The first kappa shape index (κ1) is 12.4. The molecule has 0 N–H and O–H groups in total. The number of carbonyl (C=O) groups excluding carboxylic acids is 1. The Morgan fingerprint density at radius 1 is 1.27 bits per heavy atom. The predicted molar refractivity (Wildman–Crippen MR) is 66.5 cm³/mol. The number of hydrogen-bond donors (Lipinski definition) is 0. The van der Waals surface area contributed by atoms with Crippen LogP contribution in [0.4, 0.5) is 0 Å². The topological polar surface area (TPSA) is 17.1 Å². The number of carbonyl (C=O) groups is 1. The van der Waals surface area contributed by atoms with E-state index in [0.29, 0.717) is 12.2 Å². The second-order valence-corrected chi connectivity index (χ2v) is 6.15. The van der Waals surface area contributed by atoms with Crippen LogP contribution in [0.2, 0.25) is 0 Å². The molecule has 0 saturated heterocycles. The number of rotatable bonds is 4. The molecule has 1 heterocycles. The number of ketones is 1. The van der Waals surface area contributed by atoms with Crippen molar-refractivity contribution in [2.45, 2.75) is 47.0 Å². The number of aryl methyl sites for hydroxylation is 2. The van der Waals surface area contributed by atoms with Crippen LogP contribution in [0.3, 0.4) is 0 Å². The first-order valence-corrected chi connectivity index (χ1v) is 6.36. The second kappa shape index (κ2) is 4.93. The zero-order valence-corrected chi connectivity index (χ0v) is 10.9. The van der Waals surface area contributed by atoms with E-state index in [2.05, 4.69) is 19.1 Å². The molecule has 0 fully saturated rings. The van der Waals surface area contributed by atoms with Crippen LogP contribution in [0.25, 0.3) is 0 Å². The first-order valence-electron chi connectivity index (χ1n) is 5.54. The van der Waals surface area contributed by atoms with Crippen molar-refractivity contribution in [3.63, 3.8) is 0 Å². The normalized spacial score (nSPS) is 11.7. The molecule has 0 atom stereocenters. The van der Waals surface area contributed by atoms with E-state index in [4.69, 9.17) is 0 Å². The van der Waals surface area contributed by atoms with Gasteiger partial charge in [0.25, 0.3) is 0 Å². The van der Waals surface area contributed by atoms with E-state index in [0.717, 1.165) is 12.8 Å². The molecular weight excluding hydrogens is 204 g/mol. The Balaban J connectivity index is 2.47. The summed E-state index contributed by atoms with van der Waals surface area (Å²) in [5.74, 6) is 0.356. The molecule has 0 radical (unpaired) electrons. The summed E-state index contributed by atoms with van der Waals surface area (Å²) >= 11 is 1.83. The maximum absolute atomic E-state index is 11.7. The molecule has 2 heteroatoms. The van der Waals surface area contributed by atoms with Gasteiger partial charge in [-0.3, -0.25) is 4.79 Å². The van der Waals surface area contributed by atoms with Gasteiger partial charge in [-0.05, 0) is 25.0 Å². The minimum Gasteiger partial charge on any atom is -0.299 e. The summed E-state index contributed by atoms with van der Waals surface area (Å²) in [4.78, 5) is 14.5. The van der Waals surface area contributed by atoms with Crippen molar-refractivity contribution in [1.29, 1.82) is 0 Å². The van der Waals surface area contributed by atoms with Crippen LogP contribution >= 0.6 is 11.3 Å². The summed E-state index contributed by atoms with van der Waals surface area (Å²) < 4.78 is 0. The molecule has 1 aromatic rings. The third-order valence-electron chi connectivity index (χ3n) is 2.50. The van der Waals surface area contributed by atoms with Crippen LogP contribution < -0.4 is 0 Å². The lowest BCUT2D eigenvalue weighted by Gasteiger charge is -2.15. The van der Waals surface area contributed by atoms with Gasteiger partial charge in [-0.15, -0.1) is 11.3 Å². The summed E-state index contributed by atoms with van der Waals surface area (Å²) in [5, 5.41) is 0. The fourth-order valence-corrected chi connectivity index (χ4v) is 2.32. The van der Waals surface area contributed by atoms with Gasteiger partial charge in [0.15, 0.2) is 0 Å². The van der Waals surface area contributed by atoms with Gasteiger partial charge < -0.3 is 0 Å². The fourth-order valence-electron chi connectivity index (χ4n) is 1.36. The number of Topliss-reactive ketones (excluding diaryl/α,β-unsaturated/α-hetero) is 1. The maximum Gasteiger partial charge on any atom is 0.138 e. The molecule has 1 rings (SSSR count). The van der Waals surface area contributed by atoms with Gasteiger partial charge in [-0.1, -0.05) is 27.7 Å².